The topological polar surface area (TPSA) is 77.2 Å². The normalized spacial score (nSPS) is 21.6. The average Bonchev–Trinajstić information content (AvgIpc) is 3.04. The number of carbonyl (C=O) groups excluding carboxylic acids is 1. The van der Waals surface area contributed by atoms with E-state index in [1.807, 2.05) is 24.3 Å². The number of fused-ring (bicyclic) bond motifs is 1. The predicted octanol–water partition coefficient (Wildman–Crippen LogP) is 2.16. The molecule has 108 valence electrons. The summed E-state index contributed by atoms with van der Waals surface area (Å²) in [6.07, 6.45) is 1.17. The third-order valence-electron chi connectivity index (χ3n) is 3.19. The van der Waals surface area contributed by atoms with E-state index in [-0.39, 0.29) is 24.4 Å². The second-order valence-electron chi connectivity index (χ2n) is 4.54. The number of nitrogens with one attached hydrogen (secondary N) is 1. The number of hydrogen-bond acceptors (Lipinski definition) is 5. The maximum absolute atomic E-state index is 12.0. The van der Waals surface area contributed by atoms with E-state index in [9.17, 15) is 4.79 Å². The van der Waals surface area contributed by atoms with E-state index >= 15 is 0 Å². The first-order valence-corrected chi connectivity index (χ1v) is 7.10. The fourth-order valence-electron chi connectivity index (χ4n) is 2.18. The van der Waals surface area contributed by atoms with Crippen LogP contribution in [0.4, 0.5) is 5.13 Å². The standard InChI is InChI=1S/C13H15N3O2S.ClH/c14-7-8-5-6-10(18-8)12(17)16-13-15-9-3-1-2-4-11(9)19-13;/h1-4,8,10H,5-7,14H2,(H,15,16,17);1H/t8-,10+;/m1./s1. The Labute approximate surface area is 126 Å². The van der Waals surface area contributed by atoms with Crippen molar-refractivity contribution in [2.75, 3.05) is 11.9 Å². The molecule has 20 heavy (non-hydrogen) atoms. The molecule has 1 fully saturated rings. The summed E-state index contributed by atoms with van der Waals surface area (Å²) in [5.41, 5.74) is 6.43. The van der Waals surface area contributed by atoms with Crippen LogP contribution < -0.4 is 11.1 Å². The van der Waals surface area contributed by atoms with Crippen molar-refractivity contribution in [1.29, 1.82) is 0 Å². The second-order valence-corrected chi connectivity index (χ2v) is 5.57. The highest BCUT2D eigenvalue weighted by molar-refractivity contribution is 7.22. The van der Waals surface area contributed by atoms with Gasteiger partial charge in [0.1, 0.15) is 6.10 Å². The summed E-state index contributed by atoms with van der Waals surface area (Å²) in [6.45, 7) is 0.463. The van der Waals surface area contributed by atoms with Gasteiger partial charge in [0.25, 0.3) is 5.91 Å². The molecular formula is C13H16ClN3O2S. The van der Waals surface area contributed by atoms with Gasteiger partial charge in [-0.15, -0.1) is 12.4 Å². The van der Waals surface area contributed by atoms with Gasteiger partial charge < -0.3 is 10.5 Å². The number of carbonyl (C=O) groups is 1. The van der Waals surface area contributed by atoms with Crippen LogP contribution in [0, 0.1) is 0 Å². The number of ether oxygens (including phenoxy) is 1. The van der Waals surface area contributed by atoms with E-state index in [1.165, 1.54) is 11.3 Å². The molecular weight excluding hydrogens is 298 g/mol. The predicted molar refractivity (Wildman–Crippen MR) is 82.4 cm³/mol. The molecule has 0 radical (unpaired) electrons. The van der Waals surface area contributed by atoms with E-state index in [4.69, 9.17) is 10.5 Å². The molecule has 0 spiro atoms. The maximum atomic E-state index is 12.0. The number of thiazole rings is 1. The molecule has 0 aliphatic carbocycles. The van der Waals surface area contributed by atoms with E-state index < -0.39 is 6.10 Å². The van der Waals surface area contributed by atoms with Gasteiger partial charge in [-0.2, -0.15) is 0 Å². The van der Waals surface area contributed by atoms with Crippen molar-refractivity contribution in [3.63, 3.8) is 0 Å². The summed E-state index contributed by atoms with van der Waals surface area (Å²) in [4.78, 5) is 16.4. The number of nitrogens with two attached hydrogens (primary N) is 1. The minimum atomic E-state index is -0.402. The van der Waals surface area contributed by atoms with Crippen LogP contribution in [-0.4, -0.2) is 29.6 Å². The first-order valence-electron chi connectivity index (χ1n) is 6.28. The van der Waals surface area contributed by atoms with Crippen LogP contribution in [0.3, 0.4) is 0 Å². The summed E-state index contributed by atoms with van der Waals surface area (Å²) in [5, 5.41) is 3.44. The summed E-state index contributed by atoms with van der Waals surface area (Å²) in [5.74, 6) is -0.130. The molecule has 0 unspecified atom stereocenters. The Hall–Kier alpha value is -1.21. The highest BCUT2D eigenvalue weighted by Gasteiger charge is 2.30. The number of para-hydroxylation sites is 1. The van der Waals surface area contributed by atoms with Gasteiger partial charge in [0.15, 0.2) is 5.13 Å². The summed E-state index contributed by atoms with van der Waals surface area (Å²) in [6, 6.07) is 7.80. The van der Waals surface area contributed by atoms with Crippen molar-refractivity contribution in [2.45, 2.75) is 25.0 Å². The van der Waals surface area contributed by atoms with Gasteiger partial charge in [-0.25, -0.2) is 4.98 Å². The van der Waals surface area contributed by atoms with Crippen LogP contribution >= 0.6 is 23.7 Å². The molecule has 2 heterocycles. The zero-order valence-corrected chi connectivity index (χ0v) is 12.4. The molecule has 1 amide bonds. The van der Waals surface area contributed by atoms with Crippen LogP contribution in [0.25, 0.3) is 10.2 Å². The quantitative estimate of drug-likeness (QED) is 0.910. The molecule has 0 saturated carbocycles. The van der Waals surface area contributed by atoms with E-state index in [2.05, 4.69) is 10.3 Å². The van der Waals surface area contributed by atoms with E-state index in [0.29, 0.717) is 11.7 Å². The Balaban J connectivity index is 0.00000147. The summed E-state index contributed by atoms with van der Waals surface area (Å²) in [7, 11) is 0. The van der Waals surface area contributed by atoms with Gasteiger partial charge in [0.05, 0.1) is 16.3 Å². The molecule has 2 aromatic rings. The lowest BCUT2D eigenvalue weighted by Crippen LogP contribution is -2.29. The lowest BCUT2D eigenvalue weighted by molar-refractivity contribution is -0.126. The molecule has 3 N–H and O–H groups in total. The van der Waals surface area contributed by atoms with Crippen molar-refractivity contribution in [2.24, 2.45) is 5.73 Å². The van der Waals surface area contributed by atoms with Crippen LogP contribution in [0.1, 0.15) is 12.8 Å². The molecule has 1 aromatic carbocycles. The molecule has 0 bridgehead atoms. The lowest BCUT2D eigenvalue weighted by Gasteiger charge is -2.10. The van der Waals surface area contributed by atoms with Crippen LogP contribution in [0.5, 0.6) is 0 Å². The molecule has 1 aliphatic rings. The number of hydrogen-bond donors (Lipinski definition) is 2. The van der Waals surface area contributed by atoms with E-state index in [1.54, 1.807) is 0 Å². The molecule has 7 heteroatoms. The SMILES string of the molecule is Cl.NC[C@H]1CC[C@@H](C(=O)Nc2nc3ccccc3s2)O1. The fraction of sp³-hybridized carbons (Fsp3) is 0.385. The molecule has 2 atom stereocenters. The molecule has 1 aliphatic heterocycles. The summed E-state index contributed by atoms with van der Waals surface area (Å²) < 4.78 is 6.62. The van der Waals surface area contributed by atoms with Gasteiger partial charge in [0, 0.05) is 6.54 Å². The van der Waals surface area contributed by atoms with Gasteiger partial charge in [-0.05, 0) is 25.0 Å². The van der Waals surface area contributed by atoms with Crippen molar-refractivity contribution in [1.82, 2.24) is 4.98 Å². The van der Waals surface area contributed by atoms with Gasteiger partial charge in [-0.3, -0.25) is 10.1 Å². The number of rotatable bonds is 3. The molecule has 5 nitrogen and oxygen atoms in total. The third-order valence-corrected chi connectivity index (χ3v) is 4.14. The number of halogens is 1. The van der Waals surface area contributed by atoms with Crippen molar-refractivity contribution >= 4 is 45.0 Å². The average molecular weight is 314 g/mol. The number of benzene rings is 1. The third kappa shape index (κ3) is 3.09. The van der Waals surface area contributed by atoms with Gasteiger partial charge in [0.2, 0.25) is 0 Å². The largest absolute Gasteiger partial charge is 0.364 e. The summed E-state index contributed by atoms with van der Waals surface area (Å²) >= 11 is 1.47. The Morgan fingerprint density at radius 2 is 2.25 bits per heavy atom. The molecule has 3 rings (SSSR count). The van der Waals surface area contributed by atoms with Crippen LogP contribution in [0.15, 0.2) is 24.3 Å². The van der Waals surface area contributed by atoms with Crippen LogP contribution in [-0.2, 0) is 9.53 Å². The smallest absolute Gasteiger partial charge is 0.255 e. The van der Waals surface area contributed by atoms with Gasteiger partial charge >= 0.3 is 0 Å². The first-order chi connectivity index (χ1) is 9.26. The van der Waals surface area contributed by atoms with Crippen molar-refractivity contribution in [3.8, 4) is 0 Å². The van der Waals surface area contributed by atoms with Crippen molar-refractivity contribution in [3.05, 3.63) is 24.3 Å². The minimum Gasteiger partial charge on any atom is -0.364 e. The fourth-order valence-corrected chi connectivity index (χ4v) is 3.05. The molecule has 1 aromatic heterocycles. The number of amides is 1. The van der Waals surface area contributed by atoms with Crippen molar-refractivity contribution < 1.29 is 9.53 Å². The molecule has 1 saturated heterocycles. The van der Waals surface area contributed by atoms with E-state index in [0.717, 1.165) is 23.1 Å². The zero-order chi connectivity index (χ0) is 13.2. The maximum Gasteiger partial charge on any atom is 0.255 e. The number of aromatic nitrogens is 1. The second kappa shape index (κ2) is 6.49. The van der Waals surface area contributed by atoms with Gasteiger partial charge in [-0.1, -0.05) is 23.5 Å². The lowest BCUT2D eigenvalue weighted by atomic mass is 10.2. The Bertz CT molecular complexity index is 571. The minimum absolute atomic E-state index is 0. The zero-order valence-electron chi connectivity index (χ0n) is 10.7. The van der Waals surface area contributed by atoms with Crippen LogP contribution in [0.2, 0.25) is 0 Å². The number of anilines is 1. The monoisotopic (exact) mass is 313 g/mol. The Morgan fingerprint density at radius 1 is 1.45 bits per heavy atom. The number of nitrogens with zero attached hydrogens (tertiary/aromatic N) is 1. The Morgan fingerprint density at radius 3 is 2.95 bits per heavy atom. The Kier molecular flexibility index (Phi) is 4.93. The highest BCUT2D eigenvalue weighted by atomic mass is 35.5. The highest BCUT2D eigenvalue weighted by Crippen LogP contribution is 2.26. The first kappa shape index (κ1) is 15.2.